The molecule has 1 atom stereocenters. The molecular formula is C12H12N2O4S. The standard InChI is InChI=1S/C12H12N2O4S/c1-7(15)13-9(11(16)17)6-19-12-14-8-4-2-3-5-10(8)18-12/h2-5,9H,6H2,1H3,(H,13,15)(H,16,17)/t9-/m0/s1. The van der Waals surface area contributed by atoms with Gasteiger partial charge in [-0.25, -0.2) is 9.78 Å². The molecule has 6 nitrogen and oxygen atoms in total. The fourth-order valence-corrected chi connectivity index (χ4v) is 2.33. The molecule has 0 radical (unpaired) electrons. The Bertz CT molecular complexity index is 578. The van der Waals surface area contributed by atoms with E-state index in [2.05, 4.69) is 10.3 Å². The van der Waals surface area contributed by atoms with Gasteiger partial charge in [0.05, 0.1) is 0 Å². The van der Waals surface area contributed by atoms with Gasteiger partial charge in [0.2, 0.25) is 5.91 Å². The lowest BCUT2D eigenvalue weighted by Crippen LogP contribution is -2.41. The highest BCUT2D eigenvalue weighted by Gasteiger charge is 2.19. The second-order valence-electron chi connectivity index (χ2n) is 3.85. The van der Waals surface area contributed by atoms with E-state index in [1.54, 1.807) is 6.07 Å². The molecule has 0 saturated heterocycles. The van der Waals surface area contributed by atoms with Crippen LogP contribution in [-0.4, -0.2) is 33.8 Å². The van der Waals surface area contributed by atoms with Crippen molar-refractivity contribution in [3.63, 3.8) is 0 Å². The largest absolute Gasteiger partial charge is 0.480 e. The van der Waals surface area contributed by atoms with E-state index in [0.29, 0.717) is 10.8 Å². The Balaban J connectivity index is 2.03. The van der Waals surface area contributed by atoms with E-state index < -0.39 is 12.0 Å². The Kier molecular flexibility index (Phi) is 4.06. The number of hydrogen-bond acceptors (Lipinski definition) is 5. The molecule has 0 bridgehead atoms. The number of nitrogens with zero attached hydrogens (tertiary/aromatic N) is 1. The normalized spacial score (nSPS) is 12.3. The maximum absolute atomic E-state index is 10.9. The zero-order valence-electron chi connectivity index (χ0n) is 10.1. The number of aromatic nitrogens is 1. The number of hydrogen-bond donors (Lipinski definition) is 2. The summed E-state index contributed by atoms with van der Waals surface area (Å²) in [6.45, 7) is 1.28. The van der Waals surface area contributed by atoms with Crippen LogP contribution >= 0.6 is 11.8 Å². The molecule has 1 amide bonds. The zero-order chi connectivity index (χ0) is 13.8. The smallest absolute Gasteiger partial charge is 0.327 e. The van der Waals surface area contributed by atoms with Crippen LogP contribution in [0.3, 0.4) is 0 Å². The first kappa shape index (κ1) is 13.4. The van der Waals surface area contributed by atoms with Gasteiger partial charge in [0.1, 0.15) is 11.6 Å². The molecule has 2 N–H and O–H groups in total. The van der Waals surface area contributed by atoms with Crippen LogP contribution in [0.1, 0.15) is 6.92 Å². The minimum atomic E-state index is -1.08. The van der Waals surface area contributed by atoms with Crippen LogP contribution in [-0.2, 0) is 9.59 Å². The monoisotopic (exact) mass is 280 g/mol. The lowest BCUT2D eigenvalue weighted by atomic mass is 10.3. The summed E-state index contributed by atoms with van der Waals surface area (Å²) in [4.78, 5) is 26.1. The van der Waals surface area contributed by atoms with Gasteiger partial charge < -0.3 is 14.8 Å². The number of carbonyl (C=O) groups is 2. The maximum atomic E-state index is 10.9. The summed E-state index contributed by atoms with van der Waals surface area (Å²) in [6.07, 6.45) is 0. The van der Waals surface area contributed by atoms with Gasteiger partial charge >= 0.3 is 5.97 Å². The Labute approximate surface area is 113 Å². The summed E-state index contributed by atoms with van der Waals surface area (Å²) in [7, 11) is 0. The number of carbonyl (C=O) groups excluding carboxylic acids is 1. The van der Waals surface area contributed by atoms with Gasteiger partial charge in [-0.3, -0.25) is 4.79 Å². The molecule has 0 aliphatic rings. The molecule has 1 aromatic carbocycles. The van der Waals surface area contributed by atoms with Crippen molar-refractivity contribution in [3.8, 4) is 0 Å². The van der Waals surface area contributed by atoms with E-state index in [-0.39, 0.29) is 11.7 Å². The molecular weight excluding hydrogens is 268 g/mol. The number of amides is 1. The van der Waals surface area contributed by atoms with Gasteiger partial charge in [-0.05, 0) is 12.1 Å². The van der Waals surface area contributed by atoms with Crippen LogP contribution in [0, 0.1) is 0 Å². The van der Waals surface area contributed by atoms with Gasteiger partial charge in [0.25, 0.3) is 5.22 Å². The van der Waals surface area contributed by atoms with E-state index in [4.69, 9.17) is 9.52 Å². The quantitative estimate of drug-likeness (QED) is 0.806. The minimum absolute atomic E-state index is 0.154. The predicted molar refractivity (Wildman–Crippen MR) is 70.0 cm³/mol. The van der Waals surface area contributed by atoms with Crippen molar-refractivity contribution in [1.29, 1.82) is 0 Å². The van der Waals surface area contributed by atoms with Crippen LogP contribution in [0.5, 0.6) is 0 Å². The number of oxazole rings is 1. The number of carboxylic acid groups (broad SMARTS) is 1. The molecule has 0 fully saturated rings. The van der Waals surface area contributed by atoms with E-state index in [1.807, 2.05) is 18.2 Å². The van der Waals surface area contributed by atoms with Crippen molar-refractivity contribution in [3.05, 3.63) is 24.3 Å². The molecule has 7 heteroatoms. The lowest BCUT2D eigenvalue weighted by molar-refractivity contribution is -0.140. The first-order valence-electron chi connectivity index (χ1n) is 5.54. The number of fused-ring (bicyclic) bond motifs is 1. The van der Waals surface area contributed by atoms with Crippen molar-refractivity contribution < 1.29 is 19.1 Å². The van der Waals surface area contributed by atoms with Crippen molar-refractivity contribution in [2.45, 2.75) is 18.2 Å². The molecule has 0 spiro atoms. The number of nitrogens with one attached hydrogen (secondary N) is 1. The first-order valence-corrected chi connectivity index (χ1v) is 6.53. The molecule has 19 heavy (non-hydrogen) atoms. The summed E-state index contributed by atoms with van der Waals surface area (Å²) >= 11 is 1.15. The summed E-state index contributed by atoms with van der Waals surface area (Å²) in [5, 5.41) is 11.7. The van der Waals surface area contributed by atoms with Gasteiger partial charge in [0.15, 0.2) is 5.58 Å². The molecule has 0 aliphatic heterocycles. The van der Waals surface area contributed by atoms with Crippen LogP contribution in [0.2, 0.25) is 0 Å². The van der Waals surface area contributed by atoms with Gasteiger partial charge in [-0.2, -0.15) is 0 Å². The maximum Gasteiger partial charge on any atom is 0.327 e. The Hall–Kier alpha value is -2.02. The van der Waals surface area contributed by atoms with Crippen LogP contribution in [0.15, 0.2) is 33.9 Å². The molecule has 1 aromatic heterocycles. The topological polar surface area (TPSA) is 92.4 Å². The van der Waals surface area contributed by atoms with Crippen molar-refractivity contribution in [2.75, 3.05) is 5.75 Å². The van der Waals surface area contributed by atoms with Gasteiger partial charge in [-0.1, -0.05) is 23.9 Å². The molecule has 1 heterocycles. The van der Waals surface area contributed by atoms with Crippen LogP contribution < -0.4 is 5.32 Å². The van der Waals surface area contributed by atoms with Crippen molar-refractivity contribution >= 4 is 34.7 Å². The predicted octanol–water partition coefficient (Wildman–Crippen LogP) is 1.51. The van der Waals surface area contributed by atoms with Gasteiger partial charge in [-0.15, -0.1) is 0 Å². The highest BCUT2D eigenvalue weighted by molar-refractivity contribution is 7.99. The highest BCUT2D eigenvalue weighted by atomic mass is 32.2. The SMILES string of the molecule is CC(=O)N[C@@H](CSc1nc2ccccc2o1)C(=O)O. The highest BCUT2D eigenvalue weighted by Crippen LogP contribution is 2.23. The van der Waals surface area contributed by atoms with E-state index in [0.717, 1.165) is 17.3 Å². The fraction of sp³-hybridized carbons (Fsp3) is 0.250. The molecule has 2 aromatic rings. The van der Waals surface area contributed by atoms with Crippen LogP contribution in [0.25, 0.3) is 11.1 Å². The summed E-state index contributed by atoms with van der Waals surface area (Å²) < 4.78 is 5.45. The average Bonchev–Trinajstić information content (AvgIpc) is 2.76. The van der Waals surface area contributed by atoms with E-state index >= 15 is 0 Å². The average molecular weight is 280 g/mol. The minimum Gasteiger partial charge on any atom is -0.480 e. The molecule has 0 unspecified atom stereocenters. The third-order valence-electron chi connectivity index (χ3n) is 2.32. The van der Waals surface area contributed by atoms with E-state index in [1.165, 1.54) is 6.92 Å². The zero-order valence-corrected chi connectivity index (χ0v) is 10.9. The van der Waals surface area contributed by atoms with Crippen molar-refractivity contribution in [2.24, 2.45) is 0 Å². The molecule has 0 saturated carbocycles. The van der Waals surface area contributed by atoms with Crippen molar-refractivity contribution in [1.82, 2.24) is 10.3 Å². The number of para-hydroxylation sites is 2. The number of benzene rings is 1. The number of carboxylic acids is 1. The second-order valence-corrected chi connectivity index (χ2v) is 4.82. The Morgan fingerprint density at radius 3 is 2.84 bits per heavy atom. The third-order valence-corrected chi connectivity index (χ3v) is 3.24. The van der Waals surface area contributed by atoms with Gasteiger partial charge in [0, 0.05) is 12.7 Å². The summed E-state index contributed by atoms with van der Waals surface area (Å²) in [5.41, 5.74) is 1.37. The third kappa shape index (κ3) is 3.47. The van der Waals surface area contributed by atoms with E-state index in [9.17, 15) is 9.59 Å². The number of rotatable bonds is 5. The Morgan fingerprint density at radius 2 is 2.21 bits per heavy atom. The molecule has 2 rings (SSSR count). The van der Waals surface area contributed by atoms with Crippen LogP contribution in [0.4, 0.5) is 0 Å². The molecule has 0 aliphatic carbocycles. The number of aliphatic carboxylic acids is 1. The summed E-state index contributed by atoms with van der Waals surface area (Å²) in [5.74, 6) is -1.31. The fourth-order valence-electron chi connectivity index (χ4n) is 1.49. The molecule has 100 valence electrons. The lowest BCUT2D eigenvalue weighted by Gasteiger charge is -2.10. The second kappa shape index (κ2) is 5.75. The summed E-state index contributed by atoms with van der Waals surface area (Å²) in [6, 6.07) is 6.31. The number of thioether (sulfide) groups is 1. The first-order chi connectivity index (χ1) is 9.06. The Morgan fingerprint density at radius 1 is 1.47 bits per heavy atom.